The van der Waals surface area contributed by atoms with Crippen LogP contribution < -0.4 is 19.5 Å². The highest BCUT2D eigenvalue weighted by Crippen LogP contribution is 2.45. The number of carbonyl (C=O) groups is 1. The van der Waals surface area contributed by atoms with Crippen LogP contribution in [0.1, 0.15) is 35.9 Å². The molecule has 8 nitrogen and oxygen atoms in total. The Labute approximate surface area is 214 Å². The van der Waals surface area contributed by atoms with Crippen LogP contribution in [-0.2, 0) is 4.79 Å². The topological polar surface area (TPSA) is 87.5 Å². The van der Waals surface area contributed by atoms with E-state index in [2.05, 4.69) is 15.4 Å². The van der Waals surface area contributed by atoms with Gasteiger partial charge in [-0.3, -0.25) is 4.79 Å². The van der Waals surface area contributed by atoms with E-state index in [9.17, 15) is 4.79 Å². The van der Waals surface area contributed by atoms with Gasteiger partial charge in [-0.1, -0.05) is 36.4 Å². The zero-order chi connectivity index (χ0) is 25.4. The molecule has 1 aromatic heterocycles. The summed E-state index contributed by atoms with van der Waals surface area (Å²) >= 11 is 0. The monoisotopic (exact) mass is 494 g/mol. The lowest BCUT2D eigenvalue weighted by molar-refractivity contribution is -0.116. The van der Waals surface area contributed by atoms with Crippen LogP contribution in [-0.4, -0.2) is 34.8 Å². The van der Waals surface area contributed by atoms with E-state index < -0.39 is 6.04 Å². The maximum Gasteiger partial charge on any atom is 0.226 e. The van der Waals surface area contributed by atoms with Gasteiger partial charge in [-0.25, -0.2) is 4.68 Å². The van der Waals surface area contributed by atoms with E-state index in [4.69, 9.17) is 14.2 Å². The third-order valence-electron chi connectivity index (χ3n) is 6.89. The van der Waals surface area contributed by atoms with Gasteiger partial charge in [0.05, 0.1) is 14.2 Å². The van der Waals surface area contributed by atoms with E-state index in [0.717, 1.165) is 22.6 Å². The van der Waals surface area contributed by atoms with Crippen molar-refractivity contribution in [2.24, 2.45) is 0 Å². The second kappa shape index (κ2) is 9.46. The molecular weight excluding hydrogens is 468 g/mol. The molecule has 186 valence electrons. The fourth-order valence-electron chi connectivity index (χ4n) is 5.18. The van der Waals surface area contributed by atoms with Crippen molar-refractivity contribution in [3.63, 3.8) is 0 Å². The molecule has 0 fully saturated rings. The number of aromatic nitrogens is 3. The molecule has 2 aliphatic rings. The van der Waals surface area contributed by atoms with Crippen LogP contribution in [0.25, 0.3) is 0 Å². The predicted molar refractivity (Wildman–Crippen MR) is 138 cm³/mol. The smallest absolute Gasteiger partial charge is 0.226 e. The Hall–Kier alpha value is -4.59. The van der Waals surface area contributed by atoms with E-state index in [-0.39, 0.29) is 11.7 Å². The zero-order valence-electron chi connectivity index (χ0n) is 20.5. The van der Waals surface area contributed by atoms with Gasteiger partial charge in [0.2, 0.25) is 5.95 Å². The largest absolute Gasteiger partial charge is 0.493 e. The average Bonchev–Trinajstić information content (AvgIpc) is 3.40. The van der Waals surface area contributed by atoms with Gasteiger partial charge in [-0.2, -0.15) is 10.1 Å². The summed E-state index contributed by atoms with van der Waals surface area (Å²) in [4.78, 5) is 18.1. The number of nitrogens with one attached hydrogen (secondary N) is 1. The van der Waals surface area contributed by atoms with Crippen LogP contribution in [0.15, 0.2) is 90.4 Å². The lowest BCUT2D eigenvalue weighted by Crippen LogP contribution is -2.33. The summed E-state index contributed by atoms with van der Waals surface area (Å²) in [6.07, 6.45) is 2.56. The summed E-state index contributed by atoms with van der Waals surface area (Å²) in [6, 6.07) is 22.9. The summed E-state index contributed by atoms with van der Waals surface area (Å²) in [5.74, 6) is 3.44. The Balaban J connectivity index is 1.37. The van der Waals surface area contributed by atoms with E-state index in [1.54, 1.807) is 18.9 Å². The molecule has 6 rings (SSSR count). The number of para-hydroxylation sites is 1. The van der Waals surface area contributed by atoms with Gasteiger partial charge in [0.1, 0.15) is 23.9 Å². The second-order valence-corrected chi connectivity index (χ2v) is 9.08. The third kappa shape index (κ3) is 4.20. The minimum atomic E-state index is -0.396. The van der Waals surface area contributed by atoms with Crippen LogP contribution in [0.3, 0.4) is 0 Å². The van der Waals surface area contributed by atoms with Gasteiger partial charge in [-0.15, -0.1) is 0 Å². The third-order valence-corrected chi connectivity index (χ3v) is 6.89. The maximum absolute atomic E-state index is 13.7. The summed E-state index contributed by atoms with van der Waals surface area (Å²) < 4.78 is 18.7. The van der Waals surface area contributed by atoms with Crippen LogP contribution in [0.4, 0.5) is 5.95 Å². The highest BCUT2D eigenvalue weighted by atomic mass is 16.5. The molecule has 0 amide bonds. The number of hydrogen-bond acceptors (Lipinski definition) is 7. The Morgan fingerprint density at radius 1 is 0.865 bits per heavy atom. The molecule has 4 aromatic rings. The van der Waals surface area contributed by atoms with Gasteiger partial charge in [0.15, 0.2) is 17.3 Å². The van der Waals surface area contributed by atoms with Crippen molar-refractivity contribution in [3.05, 3.63) is 102 Å². The van der Waals surface area contributed by atoms with Crippen LogP contribution in [0, 0.1) is 0 Å². The predicted octanol–water partition coefficient (Wildman–Crippen LogP) is 5.50. The maximum atomic E-state index is 13.7. The lowest BCUT2D eigenvalue weighted by atomic mass is 9.78. The molecule has 37 heavy (non-hydrogen) atoms. The van der Waals surface area contributed by atoms with Crippen molar-refractivity contribution in [3.8, 4) is 23.0 Å². The number of methoxy groups -OCH3 is 2. The molecule has 1 N–H and O–H groups in total. The highest BCUT2D eigenvalue weighted by molar-refractivity contribution is 6.00. The molecule has 3 aromatic carbocycles. The Bertz CT molecular complexity index is 1490. The normalized spacial score (nSPS) is 18.5. The van der Waals surface area contributed by atoms with Crippen LogP contribution in [0.5, 0.6) is 23.0 Å². The molecule has 0 spiro atoms. The number of rotatable bonds is 6. The summed E-state index contributed by atoms with van der Waals surface area (Å²) in [7, 11) is 3.23. The van der Waals surface area contributed by atoms with Gasteiger partial charge in [-0.05, 0) is 59.9 Å². The molecular formula is C29H26N4O4. The molecule has 0 radical (unpaired) electrons. The first-order valence-corrected chi connectivity index (χ1v) is 12.1. The van der Waals surface area contributed by atoms with Gasteiger partial charge < -0.3 is 19.5 Å². The second-order valence-electron chi connectivity index (χ2n) is 9.08. The standard InChI is InChI=1S/C29H26N4O4/c1-35-25-12-11-18(16-26(25)36-2)20-14-23-27(24(34)15-20)28(33-29(32-23)30-17-31-33)19-7-6-10-22(13-19)37-21-8-4-3-5-9-21/h3-13,16-17,20,28H,14-15H2,1-2H3,(H,30,31,32)/t20-,28+/m1/s1. The van der Waals surface area contributed by atoms with E-state index >= 15 is 0 Å². The molecule has 8 heteroatoms. The zero-order valence-corrected chi connectivity index (χ0v) is 20.5. The lowest BCUT2D eigenvalue weighted by Gasteiger charge is -2.35. The van der Waals surface area contributed by atoms with Gasteiger partial charge in [0.25, 0.3) is 0 Å². The number of fused-ring (bicyclic) bond motifs is 1. The molecule has 0 bridgehead atoms. The number of nitrogens with zero attached hydrogens (tertiary/aromatic N) is 3. The Morgan fingerprint density at radius 2 is 1.68 bits per heavy atom. The molecule has 1 aliphatic carbocycles. The van der Waals surface area contributed by atoms with Crippen molar-refractivity contribution in [2.45, 2.75) is 24.8 Å². The first-order valence-electron chi connectivity index (χ1n) is 12.1. The number of carbonyl (C=O) groups excluding carboxylic acids is 1. The van der Waals surface area contributed by atoms with Gasteiger partial charge >= 0.3 is 0 Å². The molecule has 2 atom stereocenters. The fourth-order valence-corrected chi connectivity index (χ4v) is 5.18. The number of anilines is 1. The summed E-state index contributed by atoms with van der Waals surface area (Å²) in [5.41, 5.74) is 3.52. The quantitative estimate of drug-likeness (QED) is 0.379. The summed E-state index contributed by atoms with van der Waals surface area (Å²) in [5, 5.41) is 7.83. The number of allylic oxidation sites excluding steroid dienone is 2. The fraction of sp³-hybridized carbons (Fsp3) is 0.207. The first-order chi connectivity index (χ1) is 18.1. The van der Waals surface area contributed by atoms with E-state index in [0.29, 0.717) is 41.6 Å². The van der Waals surface area contributed by atoms with Crippen molar-refractivity contribution in [1.82, 2.24) is 14.8 Å². The van der Waals surface area contributed by atoms with Crippen molar-refractivity contribution in [1.29, 1.82) is 0 Å². The first kappa shape index (κ1) is 22.8. The minimum absolute atomic E-state index is 0.00132. The molecule has 0 saturated carbocycles. The Kier molecular flexibility index (Phi) is 5.84. The van der Waals surface area contributed by atoms with Crippen LogP contribution in [0.2, 0.25) is 0 Å². The van der Waals surface area contributed by atoms with Gasteiger partial charge in [0, 0.05) is 17.7 Å². The van der Waals surface area contributed by atoms with Crippen molar-refractivity contribution < 1.29 is 19.0 Å². The number of hydrogen-bond donors (Lipinski definition) is 1. The summed E-state index contributed by atoms with van der Waals surface area (Å²) in [6.45, 7) is 0. The van der Waals surface area contributed by atoms with E-state index in [1.165, 1.54) is 6.33 Å². The minimum Gasteiger partial charge on any atom is -0.493 e. The molecule has 0 unspecified atom stereocenters. The van der Waals surface area contributed by atoms with E-state index in [1.807, 2.05) is 72.8 Å². The molecule has 1 aliphatic heterocycles. The molecule has 2 heterocycles. The number of ketones is 1. The molecule has 0 saturated heterocycles. The van der Waals surface area contributed by atoms with Crippen LogP contribution >= 0.6 is 0 Å². The van der Waals surface area contributed by atoms with Crippen molar-refractivity contribution >= 4 is 11.7 Å². The average molecular weight is 495 g/mol. The number of ether oxygens (including phenoxy) is 3. The number of Topliss-reactive ketones (excluding diaryl/α,β-unsaturated/α-hetero) is 1. The van der Waals surface area contributed by atoms with Crippen molar-refractivity contribution in [2.75, 3.05) is 19.5 Å². The Morgan fingerprint density at radius 3 is 2.49 bits per heavy atom. The number of benzene rings is 3. The highest BCUT2D eigenvalue weighted by Gasteiger charge is 2.39. The SMILES string of the molecule is COc1ccc([C@H]2CC(=O)C3=C(C2)Nc2ncnn2[C@H]3c2cccc(Oc3ccccc3)c2)cc1OC.